The number of carbonyl (C=O) groups is 1. The lowest BCUT2D eigenvalue weighted by atomic mass is 10.2. The first-order valence-electron chi connectivity index (χ1n) is 10.2. The molecule has 1 aromatic heterocycles. The summed E-state index contributed by atoms with van der Waals surface area (Å²) in [5.41, 5.74) is 2.06. The van der Waals surface area contributed by atoms with Gasteiger partial charge in [0.05, 0.1) is 18.4 Å². The fourth-order valence-corrected chi connectivity index (χ4v) is 4.09. The Labute approximate surface area is 185 Å². The number of nitrogens with zero attached hydrogens (tertiary/aromatic N) is 5. The lowest BCUT2D eigenvalue weighted by Crippen LogP contribution is -2.48. The molecule has 1 amide bonds. The molecule has 0 aliphatic carbocycles. The molecule has 2 heterocycles. The molecule has 0 atom stereocenters. The van der Waals surface area contributed by atoms with Crippen molar-refractivity contribution in [1.29, 1.82) is 0 Å². The summed E-state index contributed by atoms with van der Waals surface area (Å²) >= 11 is 1.65. The summed E-state index contributed by atoms with van der Waals surface area (Å²) in [7, 11) is 0. The van der Waals surface area contributed by atoms with Crippen LogP contribution in [0.15, 0.2) is 59.6 Å². The Morgan fingerprint density at radius 3 is 2.65 bits per heavy atom. The molecule has 9 heteroatoms. The Kier molecular flexibility index (Phi) is 6.96. The highest BCUT2D eigenvalue weighted by Gasteiger charge is 2.21. The van der Waals surface area contributed by atoms with E-state index in [4.69, 9.17) is 0 Å². The zero-order chi connectivity index (χ0) is 21.6. The van der Waals surface area contributed by atoms with E-state index in [2.05, 4.69) is 25.4 Å². The van der Waals surface area contributed by atoms with E-state index < -0.39 is 0 Å². The number of piperazine rings is 1. The zero-order valence-electron chi connectivity index (χ0n) is 17.4. The van der Waals surface area contributed by atoms with Crippen molar-refractivity contribution in [3.63, 3.8) is 0 Å². The predicted octanol–water partition coefficient (Wildman–Crippen LogP) is 2.88. The number of hydrogen-bond acceptors (Lipinski definition) is 6. The van der Waals surface area contributed by atoms with Crippen LogP contribution in [0.4, 0.5) is 10.1 Å². The molecule has 0 bridgehead atoms. The minimum Gasteiger partial charge on any atom is -0.325 e. The van der Waals surface area contributed by atoms with E-state index in [9.17, 15) is 9.18 Å². The number of amides is 1. The third-order valence-corrected chi connectivity index (χ3v) is 6.00. The van der Waals surface area contributed by atoms with Gasteiger partial charge in [-0.15, -0.1) is 16.9 Å². The van der Waals surface area contributed by atoms with Gasteiger partial charge in [0.2, 0.25) is 5.91 Å². The molecule has 0 spiro atoms. The van der Waals surface area contributed by atoms with Crippen molar-refractivity contribution in [2.45, 2.75) is 11.4 Å². The second-order valence-corrected chi connectivity index (χ2v) is 8.30. The number of anilines is 1. The van der Waals surface area contributed by atoms with Gasteiger partial charge in [0.1, 0.15) is 11.5 Å². The molecule has 1 aliphatic heterocycles. The maximum atomic E-state index is 14.1. The average molecular weight is 441 g/mol. The molecular formula is C22H25FN6OS. The van der Waals surface area contributed by atoms with Gasteiger partial charge in [-0.2, -0.15) is 0 Å². The fraction of sp³-hybridized carbons (Fsp3) is 0.318. The second kappa shape index (κ2) is 10.0. The number of para-hydroxylation sites is 1. The summed E-state index contributed by atoms with van der Waals surface area (Å²) in [6, 6.07) is 14.4. The Morgan fingerprint density at radius 1 is 1.10 bits per heavy atom. The van der Waals surface area contributed by atoms with Crippen LogP contribution in [0.25, 0.3) is 5.69 Å². The van der Waals surface area contributed by atoms with Gasteiger partial charge < -0.3 is 5.32 Å². The van der Waals surface area contributed by atoms with Crippen molar-refractivity contribution >= 4 is 23.4 Å². The maximum absolute atomic E-state index is 14.1. The first-order chi connectivity index (χ1) is 15.1. The number of thioether (sulfide) groups is 1. The highest BCUT2D eigenvalue weighted by atomic mass is 32.2. The molecule has 31 heavy (non-hydrogen) atoms. The van der Waals surface area contributed by atoms with Crippen LogP contribution in [0.5, 0.6) is 0 Å². The lowest BCUT2D eigenvalue weighted by Gasteiger charge is -2.34. The van der Waals surface area contributed by atoms with Crippen LogP contribution < -0.4 is 5.32 Å². The van der Waals surface area contributed by atoms with E-state index in [0.29, 0.717) is 18.8 Å². The van der Waals surface area contributed by atoms with Crippen molar-refractivity contribution < 1.29 is 9.18 Å². The van der Waals surface area contributed by atoms with Crippen LogP contribution in [-0.4, -0.2) is 69.7 Å². The minimum absolute atomic E-state index is 0.00599. The van der Waals surface area contributed by atoms with Crippen molar-refractivity contribution in [2.75, 3.05) is 44.3 Å². The van der Waals surface area contributed by atoms with E-state index in [0.717, 1.165) is 42.5 Å². The van der Waals surface area contributed by atoms with Crippen LogP contribution in [0.3, 0.4) is 0 Å². The SMILES string of the molecule is CSc1cccc(NC(=O)CN2CCN(Cc3cnnn3-c3ccccc3F)CC2)c1. The molecule has 2 aromatic carbocycles. The molecular weight excluding hydrogens is 415 g/mol. The van der Waals surface area contributed by atoms with Gasteiger partial charge >= 0.3 is 0 Å². The lowest BCUT2D eigenvalue weighted by molar-refractivity contribution is -0.117. The maximum Gasteiger partial charge on any atom is 0.238 e. The fourth-order valence-electron chi connectivity index (χ4n) is 3.63. The molecule has 1 saturated heterocycles. The van der Waals surface area contributed by atoms with Crippen LogP contribution in [0, 0.1) is 5.82 Å². The topological polar surface area (TPSA) is 66.3 Å². The third-order valence-electron chi connectivity index (χ3n) is 5.27. The van der Waals surface area contributed by atoms with Gasteiger partial charge in [-0.25, -0.2) is 9.07 Å². The van der Waals surface area contributed by atoms with E-state index in [1.54, 1.807) is 40.8 Å². The molecule has 1 N–H and O–H groups in total. The number of rotatable bonds is 7. The van der Waals surface area contributed by atoms with E-state index in [1.807, 2.05) is 30.5 Å². The zero-order valence-corrected chi connectivity index (χ0v) is 18.2. The molecule has 162 valence electrons. The second-order valence-electron chi connectivity index (χ2n) is 7.42. The Balaban J connectivity index is 1.28. The summed E-state index contributed by atoms with van der Waals surface area (Å²) in [6.07, 6.45) is 3.69. The normalized spacial score (nSPS) is 15.2. The summed E-state index contributed by atoms with van der Waals surface area (Å²) < 4.78 is 15.7. The summed E-state index contributed by atoms with van der Waals surface area (Å²) in [6.45, 7) is 4.21. The van der Waals surface area contributed by atoms with Crippen molar-refractivity contribution in [1.82, 2.24) is 24.8 Å². The molecule has 7 nitrogen and oxygen atoms in total. The molecule has 1 fully saturated rings. The highest BCUT2D eigenvalue weighted by Crippen LogP contribution is 2.19. The highest BCUT2D eigenvalue weighted by molar-refractivity contribution is 7.98. The van der Waals surface area contributed by atoms with E-state index >= 15 is 0 Å². The molecule has 3 aromatic rings. The number of halogens is 1. The van der Waals surface area contributed by atoms with Gasteiger partial charge in [0.15, 0.2) is 0 Å². The van der Waals surface area contributed by atoms with Crippen LogP contribution in [0.2, 0.25) is 0 Å². The first-order valence-corrected chi connectivity index (χ1v) is 11.4. The van der Waals surface area contributed by atoms with Crippen molar-refractivity contribution in [2.24, 2.45) is 0 Å². The number of aromatic nitrogens is 3. The smallest absolute Gasteiger partial charge is 0.238 e. The van der Waals surface area contributed by atoms with Gasteiger partial charge in [-0.05, 0) is 36.6 Å². The van der Waals surface area contributed by atoms with Gasteiger partial charge in [-0.1, -0.05) is 23.4 Å². The largest absolute Gasteiger partial charge is 0.325 e. The minimum atomic E-state index is -0.326. The van der Waals surface area contributed by atoms with Crippen LogP contribution in [-0.2, 0) is 11.3 Å². The summed E-state index contributed by atoms with van der Waals surface area (Å²) in [5, 5.41) is 11.0. The standard InChI is InChI=1S/C22H25FN6OS/c1-31-19-6-4-5-17(13-19)25-22(30)16-28-11-9-27(10-12-28)15-18-14-24-26-29(18)21-8-3-2-7-20(21)23/h2-8,13-14H,9-12,15-16H2,1H3,(H,25,30). The number of benzene rings is 2. The quantitative estimate of drug-likeness (QED) is 0.570. The van der Waals surface area contributed by atoms with Gasteiger partial charge in [0, 0.05) is 43.3 Å². The molecule has 0 saturated carbocycles. The molecule has 0 radical (unpaired) electrons. The van der Waals surface area contributed by atoms with Crippen LogP contribution in [0.1, 0.15) is 5.69 Å². The van der Waals surface area contributed by atoms with Crippen LogP contribution >= 0.6 is 11.8 Å². The first kappa shape index (κ1) is 21.5. The van der Waals surface area contributed by atoms with Crippen molar-refractivity contribution in [3.05, 3.63) is 66.2 Å². The monoisotopic (exact) mass is 440 g/mol. The Morgan fingerprint density at radius 2 is 1.87 bits per heavy atom. The van der Waals surface area contributed by atoms with E-state index in [1.165, 1.54) is 6.07 Å². The number of hydrogen-bond donors (Lipinski definition) is 1. The molecule has 1 aliphatic rings. The van der Waals surface area contributed by atoms with Gasteiger partial charge in [0.25, 0.3) is 0 Å². The summed E-state index contributed by atoms with van der Waals surface area (Å²) in [4.78, 5) is 18.0. The molecule has 4 rings (SSSR count). The third kappa shape index (κ3) is 5.49. The number of carbonyl (C=O) groups excluding carboxylic acids is 1. The Hall–Kier alpha value is -2.75. The average Bonchev–Trinajstić information content (AvgIpc) is 3.23. The summed E-state index contributed by atoms with van der Waals surface area (Å²) in [5.74, 6) is -0.332. The number of nitrogens with one attached hydrogen (secondary N) is 1. The molecule has 0 unspecified atom stereocenters. The van der Waals surface area contributed by atoms with Crippen molar-refractivity contribution in [3.8, 4) is 5.69 Å². The van der Waals surface area contributed by atoms with Gasteiger partial charge in [-0.3, -0.25) is 14.6 Å². The Bertz CT molecular complexity index is 1030. The predicted molar refractivity (Wildman–Crippen MR) is 120 cm³/mol. The van der Waals surface area contributed by atoms with E-state index in [-0.39, 0.29) is 11.7 Å².